The highest BCUT2D eigenvalue weighted by atomic mass is 35.5. The predicted octanol–water partition coefficient (Wildman–Crippen LogP) is 1.64. The first-order valence-corrected chi connectivity index (χ1v) is 8.17. The van der Waals surface area contributed by atoms with Crippen molar-refractivity contribution in [3.63, 3.8) is 0 Å². The van der Waals surface area contributed by atoms with Crippen molar-refractivity contribution in [2.75, 3.05) is 13.2 Å². The van der Waals surface area contributed by atoms with Gasteiger partial charge in [0.1, 0.15) is 5.02 Å². The zero-order chi connectivity index (χ0) is 15.8. The van der Waals surface area contributed by atoms with E-state index in [9.17, 15) is 23.6 Å². The second kappa shape index (κ2) is 5.88. The van der Waals surface area contributed by atoms with Gasteiger partial charge >= 0.3 is 0 Å². The summed E-state index contributed by atoms with van der Waals surface area (Å²) in [6.07, 6.45) is 0.639. The molecule has 0 bridgehead atoms. The maximum absolute atomic E-state index is 12.6. The van der Waals surface area contributed by atoms with Gasteiger partial charge < -0.3 is 5.11 Å². The van der Waals surface area contributed by atoms with E-state index in [0.29, 0.717) is 6.42 Å². The second-order valence-electron chi connectivity index (χ2n) is 5.00. The fourth-order valence-corrected chi connectivity index (χ4v) is 4.41. The molecule has 1 aliphatic heterocycles. The molecule has 0 aromatic heterocycles. The van der Waals surface area contributed by atoms with Crippen LogP contribution in [-0.2, 0) is 10.0 Å². The Bertz CT molecular complexity index is 664. The first-order valence-electron chi connectivity index (χ1n) is 6.35. The Morgan fingerprint density at radius 1 is 1.52 bits per heavy atom. The first-order chi connectivity index (χ1) is 9.78. The van der Waals surface area contributed by atoms with Crippen molar-refractivity contribution >= 4 is 27.3 Å². The monoisotopic (exact) mass is 334 g/mol. The van der Waals surface area contributed by atoms with Gasteiger partial charge in [0.25, 0.3) is 5.69 Å². The number of hydrogen-bond donors (Lipinski definition) is 1. The van der Waals surface area contributed by atoms with Gasteiger partial charge in [0.15, 0.2) is 0 Å². The minimum atomic E-state index is -3.90. The van der Waals surface area contributed by atoms with Crippen molar-refractivity contribution < 1.29 is 18.4 Å². The van der Waals surface area contributed by atoms with Crippen molar-refractivity contribution in [1.82, 2.24) is 4.31 Å². The lowest BCUT2D eigenvalue weighted by atomic mass is 10.0. The largest absolute Gasteiger partial charge is 0.395 e. The smallest absolute Gasteiger partial charge is 0.289 e. The molecule has 0 saturated carbocycles. The molecule has 0 amide bonds. The maximum Gasteiger partial charge on any atom is 0.289 e. The van der Waals surface area contributed by atoms with Gasteiger partial charge in [0.05, 0.1) is 22.5 Å². The van der Waals surface area contributed by atoms with Crippen molar-refractivity contribution in [3.05, 3.63) is 33.3 Å². The fraction of sp³-hybridized carbons (Fsp3) is 0.500. The van der Waals surface area contributed by atoms with Gasteiger partial charge in [-0.05, 0) is 24.5 Å². The lowest BCUT2D eigenvalue weighted by Crippen LogP contribution is -2.39. The number of benzene rings is 1. The van der Waals surface area contributed by atoms with Gasteiger partial charge in [0, 0.05) is 12.6 Å². The zero-order valence-corrected chi connectivity index (χ0v) is 12.8. The van der Waals surface area contributed by atoms with E-state index < -0.39 is 26.7 Å². The summed E-state index contributed by atoms with van der Waals surface area (Å²) in [6, 6.07) is 2.88. The van der Waals surface area contributed by atoms with Gasteiger partial charge in [-0.15, -0.1) is 0 Å². The lowest BCUT2D eigenvalue weighted by Gasteiger charge is -2.24. The maximum atomic E-state index is 12.6. The quantitative estimate of drug-likeness (QED) is 0.666. The third kappa shape index (κ3) is 2.89. The van der Waals surface area contributed by atoms with Crippen LogP contribution in [0.1, 0.15) is 13.3 Å². The Hall–Kier alpha value is -1.22. The summed E-state index contributed by atoms with van der Waals surface area (Å²) in [5.41, 5.74) is -0.453. The molecule has 1 aliphatic rings. The van der Waals surface area contributed by atoms with E-state index in [2.05, 4.69) is 0 Å². The van der Waals surface area contributed by atoms with Crippen molar-refractivity contribution in [2.45, 2.75) is 24.3 Å². The molecular formula is C12H15ClN2O5S. The number of rotatable bonds is 4. The highest BCUT2D eigenvalue weighted by Crippen LogP contribution is 2.33. The normalized spacial score (nSPS) is 23.4. The number of sulfonamides is 1. The Morgan fingerprint density at radius 3 is 2.76 bits per heavy atom. The number of hydrogen-bond acceptors (Lipinski definition) is 5. The molecule has 1 saturated heterocycles. The van der Waals surface area contributed by atoms with Crippen LogP contribution in [0.4, 0.5) is 5.69 Å². The third-order valence-electron chi connectivity index (χ3n) is 3.74. The summed E-state index contributed by atoms with van der Waals surface area (Å²) >= 11 is 5.69. The van der Waals surface area contributed by atoms with Crippen LogP contribution < -0.4 is 0 Å². The minimum Gasteiger partial charge on any atom is -0.395 e. The summed E-state index contributed by atoms with van der Waals surface area (Å²) in [6.45, 7) is 1.86. The highest BCUT2D eigenvalue weighted by Gasteiger charge is 2.39. The van der Waals surface area contributed by atoms with Crippen LogP contribution >= 0.6 is 11.6 Å². The molecule has 1 fully saturated rings. The number of nitro groups is 1. The Morgan fingerprint density at radius 2 is 2.19 bits per heavy atom. The molecule has 0 aliphatic carbocycles. The van der Waals surface area contributed by atoms with E-state index in [1.54, 1.807) is 0 Å². The lowest BCUT2D eigenvalue weighted by molar-refractivity contribution is -0.384. The van der Waals surface area contributed by atoms with Crippen LogP contribution in [0.3, 0.4) is 0 Å². The summed E-state index contributed by atoms with van der Waals surface area (Å²) in [4.78, 5) is 9.95. The molecule has 116 valence electrons. The van der Waals surface area contributed by atoms with Gasteiger partial charge in [-0.2, -0.15) is 4.31 Å². The van der Waals surface area contributed by atoms with E-state index in [1.807, 2.05) is 6.92 Å². The molecule has 9 heteroatoms. The van der Waals surface area contributed by atoms with Crippen molar-refractivity contribution in [1.29, 1.82) is 0 Å². The summed E-state index contributed by atoms with van der Waals surface area (Å²) in [5, 5.41) is 20.1. The molecular weight excluding hydrogens is 320 g/mol. The van der Waals surface area contributed by atoms with Gasteiger partial charge in [-0.25, -0.2) is 8.42 Å². The van der Waals surface area contributed by atoms with Crippen LogP contribution in [0.25, 0.3) is 0 Å². The van der Waals surface area contributed by atoms with Crippen LogP contribution in [0.5, 0.6) is 0 Å². The number of nitrogens with zero attached hydrogens (tertiary/aromatic N) is 2. The van der Waals surface area contributed by atoms with Crippen LogP contribution in [0, 0.1) is 16.0 Å². The molecule has 1 N–H and O–H groups in total. The fourth-order valence-electron chi connectivity index (χ4n) is 2.47. The SMILES string of the molecule is CC1CCN(S(=O)(=O)c2ccc(Cl)c([N+](=O)[O-])c2)C1CO. The topological polar surface area (TPSA) is 101 Å². The molecule has 0 radical (unpaired) electrons. The predicted molar refractivity (Wildman–Crippen MR) is 76.7 cm³/mol. The Balaban J connectivity index is 2.45. The molecule has 1 aromatic carbocycles. The van der Waals surface area contributed by atoms with E-state index >= 15 is 0 Å². The summed E-state index contributed by atoms with van der Waals surface area (Å²) in [7, 11) is -3.90. The minimum absolute atomic E-state index is 0.0343. The molecule has 0 spiro atoms. The van der Waals surface area contributed by atoms with Crippen LogP contribution in [0.2, 0.25) is 5.02 Å². The van der Waals surface area contributed by atoms with Gasteiger partial charge in [-0.1, -0.05) is 18.5 Å². The van der Waals surface area contributed by atoms with Crippen LogP contribution in [-0.4, -0.2) is 41.9 Å². The summed E-state index contributed by atoms with van der Waals surface area (Å²) in [5.74, 6) is 0.0343. The summed E-state index contributed by atoms with van der Waals surface area (Å²) < 4.78 is 26.4. The zero-order valence-electron chi connectivity index (χ0n) is 11.3. The molecule has 7 nitrogen and oxygen atoms in total. The standard InChI is InChI=1S/C12H15ClN2O5S/c1-8-4-5-14(12(8)7-16)21(19,20)9-2-3-10(13)11(6-9)15(17)18/h2-3,6,8,12,16H,4-5,7H2,1H3. The van der Waals surface area contributed by atoms with Crippen molar-refractivity contribution in [2.24, 2.45) is 5.92 Å². The number of halogens is 1. The molecule has 2 atom stereocenters. The number of nitro benzene ring substituents is 1. The van der Waals surface area contributed by atoms with Crippen molar-refractivity contribution in [3.8, 4) is 0 Å². The van der Waals surface area contributed by atoms with E-state index in [-0.39, 0.29) is 29.0 Å². The Labute approximate surface area is 127 Å². The van der Waals surface area contributed by atoms with Gasteiger partial charge in [0.2, 0.25) is 10.0 Å². The van der Waals surface area contributed by atoms with Crippen LogP contribution in [0.15, 0.2) is 23.1 Å². The van der Waals surface area contributed by atoms with E-state index in [0.717, 1.165) is 6.07 Å². The Kier molecular flexibility index (Phi) is 4.52. The van der Waals surface area contributed by atoms with Gasteiger partial charge in [-0.3, -0.25) is 10.1 Å². The average Bonchev–Trinajstić information content (AvgIpc) is 2.80. The molecule has 2 rings (SSSR count). The second-order valence-corrected chi connectivity index (χ2v) is 7.30. The highest BCUT2D eigenvalue weighted by molar-refractivity contribution is 7.89. The molecule has 1 heterocycles. The number of aliphatic hydroxyl groups excluding tert-OH is 1. The molecule has 1 aromatic rings. The molecule has 21 heavy (non-hydrogen) atoms. The van der Waals surface area contributed by atoms with E-state index in [1.165, 1.54) is 16.4 Å². The average molecular weight is 335 g/mol. The first kappa shape index (κ1) is 16.2. The molecule has 2 unspecified atom stereocenters. The third-order valence-corrected chi connectivity index (χ3v) is 5.98. The van der Waals surface area contributed by atoms with E-state index in [4.69, 9.17) is 11.6 Å². The number of aliphatic hydroxyl groups is 1.